The molecule has 1 aliphatic rings. The minimum atomic E-state index is -0.706. The number of nitrogens with zero attached hydrogens (tertiary/aromatic N) is 1. The first-order valence-corrected chi connectivity index (χ1v) is 9.40. The highest BCUT2D eigenvalue weighted by atomic mass is 35.5. The summed E-state index contributed by atoms with van der Waals surface area (Å²) in [5.74, 6) is 4.54. The van der Waals surface area contributed by atoms with Crippen LogP contribution in [0.25, 0.3) is 11.1 Å². The van der Waals surface area contributed by atoms with Gasteiger partial charge in [0.25, 0.3) is 0 Å². The van der Waals surface area contributed by atoms with Crippen molar-refractivity contribution in [3.63, 3.8) is 0 Å². The van der Waals surface area contributed by atoms with Crippen molar-refractivity contribution in [2.45, 2.75) is 5.92 Å². The molecule has 0 atom stereocenters. The molecular formula is C23H16ClFN2O2. The number of pyridine rings is 1. The number of alkyl carbamates (subject to hydrolysis) is 1. The van der Waals surface area contributed by atoms with Crippen LogP contribution in [0.4, 0.5) is 9.18 Å². The number of rotatable bonds is 3. The second-order valence-corrected chi connectivity index (χ2v) is 6.91. The molecule has 1 aromatic heterocycles. The molecule has 1 heterocycles. The number of fused-ring (bicyclic) bond motifs is 3. The predicted octanol–water partition coefficient (Wildman–Crippen LogP) is 4.76. The van der Waals surface area contributed by atoms with Crippen LogP contribution in [-0.4, -0.2) is 24.2 Å². The number of aromatic nitrogens is 1. The quantitative estimate of drug-likeness (QED) is 0.503. The number of carbonyl (C=O) groups excluding carboxylic acids is 1. The van der Waals surface area contributed by atoms with Crippen molar-refractivity contribution in [1.29, 1.82) is 0 Å². The van der Waals surface area contributed by atoms with Crippen LogP contribution in [0.5, 0.6) is 0 Å². The van der Waals surface area contributed by atoms with E-state index in [1.54, 1.807) is 0 Å². The van der Waals surface area contributed by atoms with Crippen LogP contribution in [0.1, 0.15) is 22.6 Å². The van der Waals surface area contributed by atoms with Gasteiger partial charge in [0, 0.05) is 12.1 Å². The highest BCUT2D eigenvalue weighted by Gasteiger charge is 2.28. The minimum Gasteiger partial charge on any atom is -0.449 e. The minimum absolute atomic E-state index is 0.00846. The third kappa shape index (κ3) is 4.08. The SMILES string of the molecule is O=C(NCC#Cc1cc(Cl)cnc1F)OCC1c2ccccc2-c2ccccc21. The maximum atomic E-state index is 13.5. The van der Waals surface area contributed by atoms with E-state index in [0.717, 1.165) is 11.1 Å². The Kier molecular flexibility index (Phi) is 5.46. The average Bonchev–Trinajstić information content (AvgIpc) is 3.06. The summed E-state index contributed by atoms with van der Waals surface area (Å²) in [5.41, 5.74) is 4.70. The van der Waals surface area contributed by atoms with E-state index in [4.69, 9.17) is 16.3 Å². The van der Waals surface area contributed by atoms with Gasteiger partial charge in [0.05, 0.1) is 17.1 Å². The van der Waals surface area contributed by atoms with Crippen LogP contribution in [0.15, 0.2) is 60.8 Å². The summed E-state index contributed by atoms with van der Waals surface area (Å²) in [6, 6.07) is 17.6. The van der Waals surface area contributed by atoms with Crippen molar-refractivity contribution in [2.24, 2.45) is 0 Å². The molecule has 1 amide bonds. The second-order valence-electron chi connectivity index (χ2n) is 6.47. The molecule has 6 heteroatoms. The van der Waals surface area contributed by atoms with Gasteiger partial charge < -0.3 is 10.1 Å². The number of nitrogens with one attached hydrogen (secondary N) is 1. The van der Waals surface area contributed by atoms with Crippen LogP contribution in [-0.2, 0) is 4.74 Å². The van der Waals surface area contributed by atoms with E-state index in [0.29, 0.717) is 5.02 Å². The molecule has 0 bridgehead atoms. The normalized spacial score (nSPS) is 11.8. The Labute approximate surface area is 172 Å². The highest BCUT2D eigenvalue weighted by molar-refractivity contribution is 6.30. The summed E-state index contributed by atoms with van der Waals surface area (Å²) in [7, 11) is 0. The van der Waals surface area contributed by atoms with E-state index in [1.807, 2.05) is 24.3 Å². The standard InChI is InChI=1S/C23H16ClFN2O2/c24-16-12-15(22(25)27-13-16)6-5-11-26-23(28)29-14-21-19-9-3-1-7-17(19)18-8-2-4-10-20(18)21/h1-4,7-10,12-13,21H,11,14H2,(H,26,28). The fourth-order valence-electron chi connectivity index (χ4n) is 3.42. The van der Waals surface area contributed by atoms with E-state index in [9.17, 15) is 9.18 Å². The Morgan fingerprint density at radius 3 is 2.48 bits per heavy atom. The second kappa shape index (κ2) is 8.34. The zero-order valence-corrected chi connectivity index (χ0v) is 16.0. The smallest absolute Gasteiger partial charge is 0.407 e. The molecule has 1 N–H and O–H groups in total. The molecule has 144 valence electrons. The maximum absolute atomic E-state index is 13.5. The number of halogens is 2. The first kappa shape index (κ1) is 19.0. The summed E-state index contributed by atoms with van der Waals surface area (Å²) < 4.78 is 18.9. The zero-order chi connectivity index (χ0) is 20.2. The Morgan fingerprint density at radius 1 is 1.14 bits per heavy atom. The molecule has 29 heavy (non-hydrogen) atoms. The number of ether oxygens (including phenoxy) is 1. The van der Waals surface area contributed by atoms with E-state index >= 15 is 0 Å². The van der Waals surface area contributed by atoms with Gasteiger partial charge in [-0.1, -0.05) is 72.0 Å². The van der Waals surface area contributed by atoms with Crippen LogP contribution >= 0.6 is 11.6 Å². The molecule has 0 radical (unpaired) electrons. The van der Waals surface area contributed by atoms with Gasteiger partial charge in [-0.2, -0.15) is 4.39 Å². The van der Waals surface area contributed by atoms with E-state index in [-0.39, 0.29) is 24.6 Å². The van der Waals surface area contributed by atoms with E-state index < -0.39 is 12.0 Å². The Hall–Kier alpha value is -3.36. The maximum Gasteiger partial charge on any atom is 0.407 e. The Bertz CT molecular complexity index is 1090. The van der Waals surface area contributed by atoms with E-state index in [1.165, 1.54) is 23.4 Å². The fraction of sp³-hybridized carbons (Fsp3) is 0.130. The lowest BCUT2D eigenvalue weighted by Crippen LogP contribution is -2.26. The molecule has 0 saturated heterocycles. The van der Waals surface area contributed by atoms with Crippen molar-refractivity contribution in [3.05, 3.63) is 88.5 Å². The molecule has 0 saturated carbocycles. The molecule has 0 fully saturated rings. The summed E-state index contributed by atoms with van der Waals surface area (Å²) in [6.45, 7) is 0.239. The summed E-state index contributed by atoms with van der Waals surface area (Å²) in [4.78, 5) is 15.5. The number of carbonyl (C=O) groups is 1. The lowest BCUT2D eigenvalue weighted by atomic mass is 9.98. The summed E-state index contributed by atoms with van der Waals surface area (Å²) in [5, 5.41) is 2.84. The average molecular weight is 407 g/mol. The van der Waals surface area contributed by atoms with Crippen molar-refractivity contribution in [2.75, 3.05) is 13.2 Å². The molecule has 2 aromatic carbocycles. The van der Waals surface area contributed by atoms with Gasteiger partial charge >= 0.3 is 6.09 Å². The van der Waals surface area contributed by atoms with Crippen LogP contribution in [0.2, 0.25) is 5.02 Å². The highest BCUT2D eigenvalue weighted by Crippen LogP contribution is 2.44. The van der Waals surface area contributed by atoms with Crippen molar-refractivity contribution < 1.29 is 13.9 Å². The van der Waals surface area contributed by atoms with Crippen LogP contribution < -0.4 is 5.32 Å². The number of amides is 1. The van der Waals surface area contributed by atoms with Crippen molar-refractivity contribution >= 4 is 17.7 Å². The topological polar surface area (TPSA) is 51.2 Å². The van der Waals surface area contributed by atoms with Crippen molar-refractivity contribution in [3.8, 4) is 23.0 Å². The first-order chi connectivity index (χ1) is 14.1. The van der Waals surface area contributed by atoms with Crippen LogP contribution in [0.3, 0.4) is 0 Å². The summed E-state index contributed by atoms with van der Waals surface area (Å²) in [6.07, 6.45) is 0.627. The third-order valence-electron chi connectivity index (χ3n) is 4.69. The molecule has 0 unspecified atom stereocenters. The van der Waals surface area contributed by atoms with Crippen LogP contribution in [0, 0.1) is 17.8 Å². The molecule has 1 aliphatic carbocycles. The first-order valence-electron chi connectivity index (χ1n) is 9.02. The monoisotopic (exact) mass is 406 g/mol. The van der Waals surface area contributed by atoms with Gasteiger partial charge in [-0.25, -0.2) is 9.78 Å². The molecule has 0 aliphatic heterocycles. The summed E-state index contributed by atoms with van der Waals surface area (Å²) >= 11 is 5.77. The van der Waals surface area contributed by atoms with Crippen molar-refractivity contribution in [1.82, 2.24) is 10.3 Å². The largest absolute Gasteiger partial charge is 0.449 e. The fourth-order valence-corrected chi connectivity index (χ4v) is 3.57. The molecule has 4 rings (SSSR count). The predicted molar refractivity (Wildman–Crippen MR) is 109 cm³/mol. The molecular weight excluding hydrogens is 391 g/mol. The van der Waals surface area contributed by atoms with Gasteiger partial charge in [-0.05, 0) is 28.3 Å². The molecule has 4 nitrogen and oxygen atoms in total. The molecule has 3 aromatic rings. The zero-order valence-electron chi connectivity index (χ0n) is 15.3. The number of benzene rings is 2. The molecule has 0 spiro atoms. The lowest BCUT2D eigenvalue weighted by Gasteiger charge is -2.14. The van der Waals surface area contributed by atoms with Gasteiger partial charge in [0.2, 0.25) is 5.95 Å². The van der Waals surface area contributed by atoms with Gasteiger partial charge in [0.15, 0.2) is 0 Å². The number of hydrogen-bond acceptors (Lipinski definition) is 3. The van der Waals surface area contributed by atoms with Gasteiger partial charge in [-0.3, -0.25) is 0 Å². The van der Waals surface area contributed by atoms with Gasteiger partial charge in [0.1, 0.15) is 6.61 Å². The Balaban J connectivity index is 1.36. The Morgan fingerprint density at radius 2 is 1.79 bits per heavy atom. The third-order valence-corrected chi connectivity index (χ3v) is 4.90. The lowest BCUT2D eigenvalue weighted by molar-refractivity contribution is 0.144. The number of hydrogen-bond donors (Lipinski definition) is 1. The van der Waals surface area contributed by atoms with Gasteiger partial charge in [-0.15, -0.1) is 0 Å². The van der Waals surface area contributed by atoms with E-state index in [2.05, 4.69) is 46.4 Å².